The third-order valence-electron chi connectivity index (χ3n) is 6.75. The average Bonchev–Trinajstić information content (AvgIpc) is 2.95. The highest BCUT2D eigenvalue weighted by Gasteiger charge is 2.34. The molecule has 8 heteroatoms. The lowest BCUT2D eigenvalue weighted by Crippen LogP contribution is -2.33. The molecule has 0 amide bonds. The van der Waals surface area contributed by atoms with Crippen LogP contribution in [0.4, 0.5) is 13.2 Å². The first-order chi connectivity index (χ1) is 19.1. The van der Waals surface area contributed by atoms with E-state index in [1.807, 2.05) is 67.6 Å². The van der Waals surface area contributed by atoms with Gasteiger partial charge in [-0.1, -0.05) is 78.9 Å². The summed E-state index contributed by atoms with van der Waals surface area (Å²) in [4.78, 5) is 14.2. The Bertz CT molecular complexity index is 1410. The summed E-state index contributed by atoms with van der Waals surface area (Å²) in [7, 11) is 1.47. The molecule has 0 saturated heterocycles. The third-order valence-corrected chi connectivity index (χ3v) is 6.75. The molecule has 0 fully saturated rings. The van der Waals surface area contributed by atoms with E-state index in [1.165, 1.54) is 19.2 Å². The molecule has 0 aromatic heterocycles. The summed E-state index contributed by atoms with van der Waals surface area (Å²) < 4.78 is 49.7. The monoisotopic (exact) mass is 549 g/mol. The van der Waals surface area contributed by atoms with E-state index >= 15 is 0 Å². The number of ether oxygens (including phenoxy) is 2. The molecule has 40 heavy (non-hydrogen) atoms. The minimum Gasteiger partial charge on any atom is -0.497 e. The minimum atomic E-state index is -4.91. The molecule has 2 atom stereocenters. The first kappa shape index (κ1) is 28.7. The fraction of sp³-hybridized carbons (Fsp3) is 0.219. The van der Waals surface area contributed by atoms with Crippen molar-refractivity contribution in [3.63, 3.8) is 0 Å². The van der Waals surface area contributed by atoms with Crippen LogP contribution in [0.15, 0.2) is 103 Å². The highest BCUT2D eigenvalue weighted by atomic mass is 19.4. The van der Waals surface area contributed by atoms with Crippen molar-refractivity contribution in [2.45, 2.75) is 38.3 Å². The van der Waals surface area contributed by atoms with Crippen LogP contribution in [0.2, 0.25) is 0 Å². The molecular weight excluding hydrogens is 519 g/mol. The van der Waals surface area contributed by atoms with Crippen LogP contribution in [-0.2, 0) is 11.3 Å². The molecule has 208 valence electrons. The molecule has 1 N–H and O–H groups in total. The highest BCUT2D eigenvalue weighted by molar-refractivity contribution is 5.73. The van der Waals surface area contributed by atoms with Crippen LogP contribution in [0.3, 0.4) is 0 Å². The summed E-state index contributed by atoms with van der Waals surface area (Å²) in [5, 5.41) is 9.96. The van der Waals surface area contributed by atoms with Crippen molar-refractivity contribution in [3.05, 3.63) is 120 Å². The number of carboxylic acid groups (broad SMARTS) is 1. The smallest absolute Gasteiger partial charge is 0.497 e. The van der Waals surface area contributed by atoms with Crippen molar-refractivity contribution in [2.24, 2.45) is 0 Å². The number of halogens is 3. The highest BCUT2D eigenvalue weighted by Crippen LogP contribution is 2.41. The van der Waals surface area contributed by atoms with E-state index in [9.17, 15) is 23.1 Å². The van der Waals surface area contributed by atoms with E-state index in [0.717, 1.165) is 11.1 Å². The maximum absolute atomic E-state index is 13.3. The number of hydrogen-bond donors (Lipinski definition) is 1. The number of carbonyl (C=O) groups is 1. The maximum Gasteiger partial charge on any atom is 0.573 e. The number of alkyl halides is 3. The van der Waals surface area contributed by atoms with Gasteiger partial charge in [0.2, 0.25) is 0 Å². The second-order valence-corrected chi connectivity index (χ2v) is 9.39. The molecule has 0 aliphatic carbocycles. The standard InChI is InChI=1S/C32H30F3NO4/c1-22(24-12-7-4-8-13-24)36(21-23-10-5-3-6-11-23)29(20-31(37)38)26-16-17-30(40-32(33,34)35)28(19-26)25-14-9-15-27(18-25)39-2/h3-19,22,29H,20-21H2,1-2H3,(H,37,38)/t22-,29?/m1/s1. The zero-order valence-electron chi connectivity index (χ0n) is 22.1. The zero-order valence-corrected chi connectivity index (χ0v) is 22.1. The van der Waals surface area contributed by atoms with Crippen molar-refractivity contribution in [1.29, 1.82) is 0 Å². The summed E-state index contributed by atoms with van der Waals surface area (Å²) in [5.74, 6) is -0.947. The number of carboxylic acids is 1. The predicted octanol–water partition coefficient (Wildman–Crippen LogP) is 8.04. The topological polar surface area (TPSA) is 59.0 Å². The fourth-order valence-electron chi connectivity index (χ4n) is 4.81. The molecule has 5 nitrogen and oxygen atoms in total. The SMILES string of the molecule is COc1cccc(-c2cc(C(CC(=O)O)N(Cc3ccccc3)[C@H](C)c3ccccc3)ccc2OC(F)(F)F)c1. The number of nitrogens with zero attached hydrogens (tertiary/aromatic N) is 1. The fourth-order valence-corrected chi connectivity index (χ4v) is 4.81. The van der Waals surface area contributed by atoms with Gasteiger partial charge < -0.3 is 14.6 Å². The van der Waals surface area contributed by atoms with E-state index in [1.54, 1.807) is 30.3 Å². The second kappa shape index (κ2) is 12.7. The van der Waals surface area contributed by atoms with E-state index in [-0.39, 0.29) is 23.8 Å². The van der Waals surface area contributed by atoms with Crippen LogP contribution in [0, 0.1) is 0 Å². The van der Waals surface area contributed by atoms with Gasteiger partial charge >= 0.3 is 12.3 Å². The number of methoxy groups -OCH3 is 1. The van der Waals surface area contributed by atoms with Gasteiger partial charge in [-0.2, -0.15) is 0 Å². The molecule has 1 unspecified atom stereocenters. The van der Waals surface area contributed by atoms with Crippen LogP contribution in [0.5, 0.6) is 11.5 Å². The lowest BCUT2D eigenvalue weighted by Gasteiger charge is -2.37. The number of aliphatic carboxylic acids is 1. The quantitative estimate of drug-likeness (QED) is 0.205. The van der Waals surface area contributed by atoms with Crippen molar-refractivity contribution >= 4 is 5.97 Å². The van der Waals surface area contributed by atoms with E-state index in [2.05, 4.69) is 9.64 Å². The van der Waals surface area contributed by atoms with Gasteiger partial charge in [0.1, 0.15) is 11.5 Å². The van der Waals surface area contributed by atoms with Crippen LogP contribution >= 0.6 is 0 Å². The predicted molar refractivity (Wildman–Crippen MR) is 147 cm³/mol. The Hall–Kier alpha value is -4.30. The summed E-state index contributed by atoms with van der Waals surface area (Å²) in [6.07, 6.45) is -5.17. The maximum atomic E-state index is 13.3. The summed E-state index contributed by atoms with van der Waals surface area (Å²) in [5.41, 5.74) is 3.13. The molecular formula is C32H30F3NO4. The van der Waals surface area contributed by atoms with Gasteiger partial charge in [-0.15, -0.1) is 13.2 Å². The lowest BCUT2D eigenvalue weighted by atomic mass is 9.93. The third kappa shape index (κ3) is 7.42. The Morgan fingerprint density at radius 1 is 0.875 bits per heavy atom. The van der Waals surface area contributed by atoms with Gasteiger partial charge in [0.05, 0.1) is 13.5 Å². The number of rotatable bonds is 11. The van der Waals surface area contributed by atoms with Crippen LogP contribution in [-0.4, -0.2) is 29.4 Å². The summed E-state index contributed by atoms with van der Waals surface area (Å²) in [6, 6.07) is 29.5. The van der Waals surface area contributed by atoms with Gasteiger partial charge in [0, 0.05) is 24.2 Å². The average molecular weight is 550 g/mol. The first-order valence-corrected chi connectivity index (χ1v) is 12.7. The van der Waals surface area contributed by atoms with Crippen LogP contribution in [0.25, 0.3) is 11.1 Å². The molecule has 0 radical (unpaired) electrons. The second-order valence-electron chi connectivity index (χ2n) is 9.39. The Kier molecular flexibility index (Phi) is 9.11. The van der Waals surface area contributed by atoms with E-state index < -0.39 is 18.4 Å². The zero-order chi connectivity index (χ0) is 28.7. The van der Waals surface area contributed by atoms with Crippen molar-refractivity contribution < 1.29 is 32.5 Å². The molecule has 0 bridgehead atoms. The molecule has 4 aromatic rings. The molecule has 0 heterocycles. The normalized spacial score (nSPS) is 13.1. The molecule has 4 rings (SSSR count). The van der Waals surface area contributed by atoms with Crippen molar-refractivity contribution in [1.82, 2.24) is 4.90 Å². The largest absolute Gasteiger partial charge is 0.573 e. The number of hydrogen-bond acceptors (Lipinski definition) is 4. The lowest BCUT2D eigenvalue weighted by molar-refractivity contribution is -0.274. The molecule has 0 aliphatic rings. The van der Waals surface area contributed by atoms with Gasteiger partial charge in [0.25, 0.3) is 0 Å². The van der Waals surface area contributed by atoms with E-state index in [0.29, 0.717) is 23.4 Å². The van der Waals surface area contributed by atoms with Crippen LogP contribution < -0.4 is 9.47 Å². The molecule has 0 spiro atoms. The van der Waals surface area contributed by atoms with Gasteiger partial charge in [0.15, 0.2) is 0 Å². The van der Waals surface area contributed by atoms with Gasteiger partial charge in [-0.3, -0.25) is 9.69 Å². The Morgan fingerprint density at radius 2 is 1.55 bits per heavy atom. The first-order valence-electron chi connectivity index (χ1n) is 12.7. The Morgan fingerprint density at radius 3 is 2.17 bits per heavy atom. The van der Waals surface area contributed by atoms with E-state index in [4.69, 9.17) is 4.74 Å². The summed E-state index contributed by atoms with van der Waals surface area (Å²) in [6.45, 7) is 2.42. The molecule has 0 saturated carbocycles. The Labute approximate surface area is 231 Å². The molecule has 4 aromatic carbocycles. The van der Waals surface area contributed by atoms with Gasteiger partial charge in [-0.05, 0) is 53.4 Å². The Balaban J connectivity index is 1.86. The molecule has 0 aliphatic heterocycles. The van der Waals surface area contributed by atoms with Crippen molar-refractivity contribution in [2.75, 3.05) is 7.11 Å². The summed E-state index contributed by atoms with van der Waals surface area (Å²) >= 11 is 0. The van der Waals surface area contributed by atoms with Crippen molar-refractivity contribution in [3.8, 4) is 22.6 Å². The number of benzene rings is 4. The van der Waals surface area contributed by atoms with Crippen LogP contribution in [0.1, 0.15) is 42.1 Å². The minimum absolute atomic E-state index is 0.177. The van der Waals surface area contributed by atoms with Gasteiger partial charge in [-0.25, -0.2) is 0 Å².